The minimum absolute atomic E-state index is 0.00501. The summed E-state index contributed by atoms with van der Waals surface area (Å²) in [4.78, 5) is 38.7. The summed E-state index contributed by atoms with van der Waals surface area (Å²) in [5.74, 6) is -1.14. The number of carbonyl (C=O) groups is 3. The average Bonchev–Trinajstić information content (AvgIpc) is 2.88. The zero-order valence-corrected chi connectivity index (χ0v) is 11.5. The van der Waals surface area contributed by atoms with Crippen LogP contribution < -0.4 is 0 Å². The van der Waals surface area contributed by atoms with Crippen molar-refractivity contribution in [1.82, 2.24) is 14.7 Å². The molecule has 0 unspecified atom stereocenters. The summed E-state index contributed by atoms with van der Waals surface area (Å²) in [6.45, 7) is 3.14. The molecule has 0 radical (unpaired) electrons. The number of rotatable bonds is 5. The molecule has 0 aromatic rings. The average molecular weight is 271 g/mol. The Morgan fingerprint density at radius 1 is 1.16 bits per heavy atom. The summed E-state index contributed by atoms with van der Waals surface area (Å²) in [6.07, 6.45) is 2.01. The molecular formula is C12H21N3O4. The standard InChI is InChI=1S/C12H21N3O4/c1-3-14(9-11(17)18)12(19)13(2)8-10(16)15-6-4-5-7-15/h3-9H2,1-2H3,(H,17,18). The van der Waals surface area contributed by atoms with E-state index in [4.69, 9.17) is 5.11 Å². The third-order valence-corrected chi connectivity index (χ3v) is 3.14. The zero-order valence-electron chi connectivity index (χ0n) is 11.5. The number of urea groups is 1. The molecule has 0 aliphatic carbocycles. The second-order valence-electron chi connectivity index (χ2n) is 4.63. The molecule has 19 heavy (non-hydrogen) atoms. The molecule has 1 aliphatic rings. The van der Waals surface area contributed by atoms with Crippen molar-refractivity contribution in [3.8, 4) is 0 Å². The van der Waals surface area contributed by atoms with Gasteiger partial charge in [-0.2, -0.15) is 0 Å². The summed E-state index contributed by atoms with van der Waals surface area (Å²) in [5.41, 5.74) is 0. The number of hydrogen-bond donors (Lipinski definition) is 1. The normalized spacial score (nSPS) is 14.3. The first-order valence-electron chi connectivity index (χ1n) is 6.45. The van der Waals surface area contributed by atoms with Gasteiger partial charge in [0.1, 0.15) is 13.1 Å². The van der Waals surface area contributed by atoms with E-state index in [0.717, 1.165) is 25.9 Å². The van der Waals surface area contributed by atoms with E-state index in [1.807, 2.05) is 0 Å². The number of hydrogen-bond acceptors (Lipinski definition) is 3. The first-order chi connectivity index (χ1) is 8.95. The van der Waals surface area contributed by atoms with Crippen molar-refractivity contribution >= 4 is 17.9 Å². The van der Waals surface area contributed by atoms with Gasteiger partial charge in [-0.05, 0) is 19.8 Å². The number of carbonyl (C=O) groups excluding carboxylic acids is 2. The lowest BCUT2D eigenvalue weighted by molar-refractivity contribution is -0.137. The molecule has 0 aromatic heterocycles. The summed E-state index contributed by atoms with van der Waals surface area (Å²) < 4.78 is 0. The van der Waals surface area contributed by atoms with Crippen LogP contribution in [0, 0.1) is 0 Å². The SMILES string of the molecule is CCN(CC(=O)O)C(=O)N(C)CC(=O)N1CCCC1. The molecule has 1 saturated heterocycles. The summed E-state index contributed by atoms with van der Waals surface area (Å²) >= 11 is 0. The molecule has 1 heterocycles. The maximum absolute atomic E-state index is 12.0. The van der Waals surface area contributed by atoms with Crippen molar-refractivity contribution in [2.45, 2.75) is 19.8 Å². The number of amides is 3. The summed E-state index contributed by atoms with van der Waals surface area (Å²) in [7, 11) is 1.51. The Labute approximate surface area is 112 Å². The van der Waals surface area contributed by atoms with E-state index in [1.165, 1.54) is 16.8 Å². The molecule has 7 nitrogen and oxygen atoms in total. The van der Waals surface area contributed by atoms with Crippen LogP contribution in [0.5, 0.6) is 0 Å². The number of nitrogens with zero attached hydrogens (tertiary/aromatic N) is 3. The van der Waals surface area contributed by atoms with Gasteiger partial charge in [0.25, 0.3) is 0 Å². The van der Waals surface area contributed by atoms with E-state index >= 15 is 0 Å². The van der Waals surface area contributed by atoms with Crippen LogP contribution in [0.25, 0.3) is 0 Å². The van der Waals surface area contributed by atoms with Gasteiger partial charge < -0.3 is 19.8 Å². The van der Waals surface area contributed by atoms with Gasteiger partial charge >= 0.3 is 12.0 Å². The quantitative estimate of drug-likeness (QED) is 0.767. The third kappa shape index (κ3) is 4.42. The molecule has 0 saturated carbocycles. The van der Waals surface area contributed by atoms with Crippen LogP contribution in [0.4, 0.5) is 4.79 Å². The number of carboxylic acid groups (broad SMARTS) is 1. The predicted molar refractivity (Wildman–Crippen MR) is 68.7 cm³/mol. The number of aliphatic carboxylic acids is 1. The molecule has 0 atom stereocenters. The third-order valence-electron chi connectivity index (χ3n) is 3.14. The van der Waals surface area contributed by atoms with Crippen LogP contribution in [-0.2, 0) is 9.59 Å². The van der Waals surface area contributed by atoms with Crippen molar-refractivity contribution in [1.29, 1.82) is 0 Å². The highest BCUT2D eigenvalue weighted by Crippen LogP contribution is 2.08. The van der Waals surface area contributed by atoms with Crippen LogP contribution in [-0.4, -0.2) is 77.5 Å². The molecule has 3 amide bonds. The van der Waals surface area contributed by atoms with Crippen molar-refractivity contribution in [2.75, 3.05) is 39.8 Å². The van der Waals surface area contributed by atoms with Crippen LogP contribution in [0.3, 0.4) is 0 Å². The number of carboxylic acids is 1. The Morgan fingerprint density at radius 3 is 2.21 bits per heavy atom. The van der Waals surface area contributed by atoms with Crippen LogP contribution in [0.15, 0.2) is 0 Å². The first-order valence-corrected chi connectivity index (χ1v) is 6.45. The van der Waals surface area contributed by atoms with Crippen LogP contribution in [0.2, 0.25) is 0 Å². The van der Waals surface area contributed by atoms with Gasteiger partial charge in [-0.15, -0.1) is 0 Å². The van der Waals surface area contributed by atoms with Crippen molar-refractivity contribution in [2.24, 2.45) is 0 Å². The number of likely N-dealkylation sites (N-methyl/N-ethyl adjacent to an activating group) is 2. The lowest BCUT2D eigenvalue weighted by Crippen LogP contribution is -2.47. The van der Waals surface area contributed by atoms with Gasteiger partial charge in [0.15, 0.2) is 0 Å². The van der Waals surface area contributed by atoms with Gasteiger partial charge in [-0.1, -0.05) is 0 Å². The van der Waals surface area contributed by atoms with Gasteiger partial charge in [-0.3, -0.25) is 9.59 Å². The minimum Gasteiger partial charge on any atom is -0.480 e. The Kier molecular flexibility index (Phi) is 5.59. The van der Waals surface area contributed by atoms with E-state index in [9.17, 15) is 14.4 Å². The Bertz CT molecular complexity index is 353. The van der Waals surface area contributed by atoms with Crippen molar-refractivity contribution < 1.29 is 19.5 Å². The fourth-order valence-corrected chi connectivity index (χ4v) is 2.06. The molecule has 1 aliphatic heterocycles. The van der Waals surface area contributed by atoms with E-state index in [2.05, 4.69) is 0 Å². The molecule has 0 aromatic carbocycles. The highest BCUT2D eigenvalue weighted by atomic mass is 16.4. The maximum Gasteiger partial charge on any atom is 0.323 e. The highest BCUT2D eigenvalue weighted by Gasteiger charge is 2.24. The largest absolute Gasteiger partial charge is 0.480 e. The molecule has 1 fully saturated rings. The summed E-state index contributed by atoms with van der Waals surface area (Å²) in [5, 5.41) is 8.71. The molecule has 1 rings (SSSR count). The van der Waals surface area contributed by atoms with Gasteiger partial charge in [0.2, 0.25) is 5.91 Å². The van der Waals surface area contributed by atoms with Gasteiger partial charge in [0.05, 0.1) is 0 Å². The smallest absolute Gasteiger partial charge is 0.323 e. The topological polar surface area (TPSA) is 81.2 Å². The van der Waals surface area contributed by atoms with E-state index in [1.54, 1.807) is 11.8 Å². The number of likely N-dealkylation sites (tertiary alicyclic amines) is 1. The monoisotopic (exact) mass is 271 g/mol. The predicted octanol–water partition coefficient (Wildman–Crippen LogP) is 0.0671. The van der Waals surface area contributed by atoms with E-state index < -0.39 is 12.0 Å². The molecule has 1 N–H and O–H groups in total. The molecule has 0 bridgehead atoms. The Hall–Kier alpha value is -1.79. The highest BCUT2D eigenvalue weighted by molar-refractivity contribution is 5.85. The lowest BCUT2D eigenvalue weighted by Gasteiger charge is -2.27. The zero-order chi connectivity index (χ0) is 14.4. The summed E-state index contributed by atoms with van der Waals surface area (Å²) in [6, 6.07) is -0.433. The first kappa shape index (κ1) is 15.3. The van der Waals surface area contributed by atoms with E-state index in [-0.39, 0.29) is 19.0 Å². The fraction of sp³-hybridized carbons (Fsp3) is 0.750. The van der Waals surface area contributed by atoms with Gasteiger partial charge in [-0.25, -0.2) is 4.79 Å². The van der Waals surface area contributed by atoms with Gasteiger partial charge in [0, 0.05) is 26.7 Å². The molecular weight excluding hydrogens is 250 g/mol. The minimum atomic E-state index is -1.06. The lowest BCUT2D eigenvalue weighted by atomic mass is 10.4. The van der Waals surface area contributed by atoms with Crippen LogP contribution in [0.1, 0.15) is 19.8 Å². The molecule has 7 heteroatoms. The van der Waals surface area contributed by atoms with Crippen molar-refractivity contribution in [3.05, 3.63) is 0 Å². The molecule has 0 spiro atoms. The Morgan fingerprint density at radius 2 is 1.74 bits per heavy atom. The fourth-order valence-electron chi connectivity index (χ4n) is 2.06. The Balaban J connectivity index is 2.50. The second-order valence-corrected chi connectivity index (χ2v) is 4.63. The molecule has 108 valence electrons. The van der Waals surface area contributed by atoms with E-state index in [0.29, 0.717) is 6.54 Å². The van der Waals surface area contributed by atoms with Crippen molar-refractivity contribution in [3.63, 3.8) is 0 Å². The van der Waals surface area contributed by atoms with Crippen LogP contribution >= 0.6 is 0 Å². The second kappa shape index (κ2) is 6.96. The maximum atomic E-state index is 12.0.